The Morgan fingerprint density at radius 1 is 1.12 bits per heavy atom. The molecule has 218 valence electrons. The van der Waals surface area contributed by atoms with E-state index in [-0.39, 0.29) is 37.0 Å². The molecule has 0 spiro atoms. The van der Waals surface area contributed by atoms with Gasteiger partial charge in [0.2, 0.25) is 11.8 Å². The van der Waals surface area contributed by atoms with E-state index in [1.54, 1.807) is 29.5 Å². The minimum atomic E-state index is -0.411. The van der Waals surface area contributed by atoms with Gasteiger partial charge >= 0.3 is 0 Å². The number of nitrogens with one attached hydrogen (secondary N) is 1. The van der Waals surface area contributed by atoms with Crippen LogP contribution < -0.4 is 15.0 Å². The van der Waals surface area contributed by atoms with Gasteiger partial charge in [-0.3, -0.25) is 19.5 Å². The average Bonchev–Trinajstić information content (AvgIpc) is 3.51. The van der Waals surface area contributed by atoms with Gasteiger partial charge in [0, 0.05) is 50.5 Å². The molecule has 1 amide bonds. The molecule has 3 aliphatic heterocycles. The summed E-state index contributed by atoms with van der Waals surface area (Å²) in [6.45, 7) is 9.73. The minimum Gasteiger partial charge on any atom is -0.473 e. The quantitative estimate of drug-likeness (QED) is 0.469. The van der Waals surface area contributed by atoms with E-state index in [2.05, 4.69) is 33.9 Å². The summed E-state index contributed by atoms with van der Waals surface area (Å²) in [6, 6.07) is 12.5. The van der Waals surface area contributed by atoms with E-state index in [1.807, 2.05) is 18.2 Å². The van der Waals surface area contributed by atoms with Gasteiger partial charge in [-0.2, -0.15) is 0 Å². The summed E-state index contributed by atoms with van der Waals surface area (Å²) in [5.41, 5.74) is 2.50. The van der Waals surface area contributed by atoms with E-state index < -0.39 is 6.04 Å². The highest BCUT2D eigenvalue weighted by Gasteiger charge is 2.38. The average molecular weight is 564 g/mol. The van der Waals surface area contributed by atoms with E-state index in [4.69, 9.17) is 13.9 Å². The molecule has 0 bridgehead atoms. The highest BCUT2D eigenvalue weighted by Crippen LogP contribution is 2.39. The predicted molar refractivity (Wildman–Crippen MR) is 153 cm³/mol. The number of halogens is 1. The number of anilines is 1. The van der Waals surface area contributed by atoms with Crippen LogP contribution in [0.15, 0.2) is 59.3 Å². The van der Waals surface area contributed by atoms with Crippen molar-refractivity contribution in [3.05, 3.63) is 77.6 Å². The molecule has 1 unspecified atom stereocenters. The number of hydrogen-bond donors (Lipinski definition) is 1. The molecule has 5 heterocycles. The number of morpholine rings is 1. The fraction of sp³-hybridized carbons (Fsp3) is 0.484. The first kappa shape index (κ1) is 27.8. The molecule has 2 aromatic heterocycles. The molecule has 1 N–H and O–H groups in total. The van der Waals surface area contributed by atoms with Gasteiger partial charge in [0.1, 0.15) is 29.9 Å². The lowest BCUT2D eigenvalue weighted by molar-refractivity contribution is -0.122. The van der Waals surface area contributed by atoms with Crippen LogP contribution in [0.2, 0.25) is 0 Å². The van der Waals surface area contributed by atoms with Crippen LogP contribution >= 0.6 is 0 Å². The Hall–Kier alpha value is -3.31. The van der Waals surface area contributed by atoms with Crippen molar-refractivity contribution in [1.29, 1.82) is 0 Å². The molecule has 9 nitrogen and oxygen atoms in total. The largest absolute Gasteiger partial charge is 0.473 e. The lowest BCUT2D eigenvalue weighted by Gasteiger charge is -2.44. The molecule has 4 atom stereocenters. The second-order valence-corrected chi connectivity index (χ2v) is 11.4. The molecule has 41 heavy (non-hydrogen) atoms. The summed E-state index contributed by atoms with van der Waals surface area (Å²) in [5, 5.41) is 3.61. The summed E-state index contributed by atoms with van der Waals surface area (Å²) >= 11 is 0. The first-order valence-corrected chi connectivity index (χ1v) is 14.5. The molecule has 1 aromatic carbocycles. The third-order valence-electron chi connectivity index (χ3n) is 8.32. The van der Waals surface area contributed by atoms with Gasteiger partial charge in [-0.1, -0.05) is 12.1 Å². The second-order valence-electron chi connectivity index (χ2n) is 11.4. The SMILES string of the molecule is C[C@@H]1CN(CC(=O)N2c3cc(Cc4ccc(F)cc4)cnc3OCC2c2ccco2)[C@@H](CN2CCOC[C@H]2C)CN1. The Balaban J connectivity index is 1.27. The zero-order chi connectivity index (χ0) is 28.3. The summed E-state index contributed by atoms with van der Waals surface area (Å²) in [7, 11) is 0. The number of benzene rings is 1. The summed E-state index contributed by atoms with van der Waals surface area (Å²) in [5.74, 6) is 0.801. The van der Waals surface area contributed by atoms with Crippen molar-refractivity contribution in [2.75, 3.05) is 57.4 Å². The van der Waals surface area contributed by atoms with Gasteiger partial charge in [0.05, 0.1) is 26.0 Å². The van der Waals surface area contributed by atoms with Crippen LogP contribution in [0.1, 0.15) is 36.8 Å². The molecular formula is C31H38FN5O4. The number of nitrogens with zero attached hydrogens (tertiary/aromatic N) is 4. The minimum absolute atomic E-state index is 0.0224. The number of carbonyl (C=O) groups excluding carboxylic acids is 1. The molecule has 10 heteroatoms. The van der Waals surface area contributed by atoms with E-state index in [9.17, 15) is 9.18 Å². The molecule has 2 saturated heterocycles. The summed E-state index contributed by atoms with van der Waals surface area (Å²) in [4.78, 5) is 25.5. The second kappa shape index (κ2) is 12.3. The number of furan rings is 1. The van der Waals surface area contributed by atoms with Crippen LogP contribution in [0, 0.1) is 5.82 Å². The number of amides is 1. The van der Waals surface area contributed by atoms with Crippen molar-refractivity contribution in [2.24, 2.45) is 0 Å². The van der Waals surface area contributed by atoms with Crippen LogP contribution in [-0.4, -0.2) is 91.4 Å². The zero-order valence-electron chi connectivity index (χ0n) is 23.7. The number of pyridine rings is 1. The number of aromatic nitrogens is 1. The van der Waals surface area contributed by atoms with Gasteiger partial charge in [-0.15, -0.1) is 0 Å². The van der Waals surface area contributed by atoms with Crippen molar-refractivity contribution in [2.45, 2.75) is 44.4 Å². The normalized spacial score (nSPS) is 25.5. The Morgan fingerprint density at radius 3 is 2.76 bits per heavy atom. The van der Waals surface area contributed by atoms with E-state index in [0.717, 1.165) is 50.5 Å². The highest BCUT2D eigenvalue weighted by molar-refractivity contribution is 5.97. The molecule has 2 fully saturated rings. The van der Waals surface area contributed by atoms with Crippen molar-refractivity contribution in [3.63, 3.8) is 0 Å². The van der Waals surface area contributed by atoms with E-state index in [0.29, 0.717) is 29.8 Å². The number of hydrogen-bond acceptors (Lipinski definition) is 8. The Morgan fingerprint density at radius 2 is 1.98 bits per heavy atom. The zero-order valence-corrected chi connectivity index (χ0v) is 23.7. The fourth-order valence-corrected chi connectivity index (χ4v) is 6.06. The van der Waals surface area contributed by atoms with Crippen molar-refractivity contribution >= 4 is 11.6 Å². The first-order valence-electron chi connectivity index (χ1n) is 14.5. The fourth-order valence-electron chi connectivity index (χ4n) is 6.06. The van der Waals surface area contributed by atoms with Gasteiger partial charge in [-0.05, 0) is 61.7 Å². The Bertz CT molecular complexity index is 1320. The standard InChI is InChI=1S/C31H38FN5O4/c1-21-16-36(26(15-33-21)17-35-9-11-39-19-22(35)2)18-30(38)37-27-13-24(12-23-5-7-25(32)8-6-23)14-34-31(27)41-20-28(37)29-4-3-10-40-29/h3-8,10,13-14,21-22,26,28,33H,9,11-12,15-20H2,1-2H3/t21-,22-,26-,28?/m1/s1. The molecule has 3 aromatic rings. The van der Waals surface area contributed by atoms with Crippen LogP contribution in [-0.2, 0) is 16.0 Å². The van der Waals surface area contributed by atoms with Crippen molar-refractivity contribution < 1.29 is 23.1 Å². The third-order valence-corrected chi connectivity index (χ3v) is 8.32. The van der Waals surface area contributed by atoms with Gasteiger partial charge in [0.15, 0.2) is 0 Å². The number of rotatable bonds is 7. The van der Waals surface area contributed by atoms with Crippen LogP contribution in [0.5, 0.6) is 5.88 Å². The lowest BCUT2D eigenvalue weighted by Crippen LogP contribution is -2.62. The predicted octanol–water partition coefficient (Wildman–Crippen LogP) is 3.25. The maximum atomic E-state index is 14.3. The topological polar surface area (TPSA) is 83.3 Å². The molecule has 6 rings (SSSR count). The van der Waals surface area contributed by atoms with Crippen molar-refractivity contribution in [1.82, 2.24) is 20.1 Å². The summed E-state index contributed by atoms with van der Waals surface area (Å²) in [6.07, 6.45) is 3.94. The Kier molecular flexibility index (Phi) is 8.34. The third kappa shape index (κ3) is 6.30. The van der Waals surface area contributed by atoms with E-state index >= 15 is 0 Å². The number of fused-ring (bicyclic) bond motifs is 1. The monoisotopic (exact) mass is 563 g/mol. The number of piperazine rings is 1. The number of carbonyl (C=O) groups is 1. The maximum Gasteiger partial charge on any atom is 0.242 e. The lowest BCUT2D eigenvalue weighted by atomic mass is 10.0. The van der Waals surface area contributed by atoms with Crippen molar-refractivity contribution in [3.8, 4) is 5.88 Å². The van der Waals surface area contributed by atoms with Crippen LogP contribution in [0.4, 0.5) is 10.1 Å². The maximum absolute atomic E-state index is 14.3. The summed E-state index contributed by atoms with van der Waals surface area (Å²) < 4.78 is 30.9. The Labute approximate surface area is 240 Å². The molecule has 0 radical (unpaired) electrons. The van der Waals surface area contributed by atoms with Gasteiger partial charge in [0.25, 0.3) is 0 Å². The smallest absolute Gasteiger partial charge is 0.242 e. The van der Waals surface area contributed by atoms with Crippen LogP contribution in [0.25, 0.3) is 0 Å². The molecule has 3 aliphatic rings. The van der Waals surface area contributed by atoms with Gasteiger partial charge < -0.3 is 19.2 Å². The first-order chi connectivity index (χ1) is 19.9. The van der Waals surface area contributed by atoms with Crippen LogP contribution in [0.3, 0.4) is 0 Å². The van der Waals surface area contributed by atoms with E-state index in [1.165, 1.54) is 12.1 Å². The number of ether oxygens (including phenoxy) is 2. The van der Waals surface area contributed by atoms with Gasteiger partial charge in [-0.25, -0.2) is 9.37 Å². The highest BCUT2D eigenvalue weighted by atomic mass is 19.1. The molecular weight excluding hydrogens is 525 g/mol. The molecule has 0 saturated carbocycles. The molecule has 0 aliphatic carbocycles.